The van der Waals surface area contributed by atoms with Crippen LogP contribution in [-0.2, 0) is 19.2 Å². The highest BCUT2D eigenvalue weighted by molar-refractivity contribution is 7.98. The van der Waals surface area contributed by atoms with Crippen molar-refractivity contribution in [2.24, 2.45) is 5.73 Å². The molecular formula is C14H25N3O6S2. The topological polar surface area (TPSA) is 159 Å². The zero-order valence-corrected chi connectivity index (χ0v) is 15.8. The van der Waals surface area contributed by atoms with Gasteiger partial charge in [0.2, 0.25) is 11.8 Å². The van der Waals surface area contributed by atoms with Crippen molar-refractivity contribution < 1.29 is 29.4 Å². The van der Waals surface area contributed by atoms with Crippen molar-refractivity contribution in [3.05, 3.63) is 0 Å². The summed E-state index contributed by atoms with van der Waals surface area (Å²) in [5.41, 5.74) is 5.76. The van der Waals surface area contributed by atoms with E-state index in [0.29, 0.717) is 17.9 Å². The van der Waals surface area contributed by atoms with Gasteiger partial charge in [0.25, 0.3) is 0 Å². The summed E-state index contributed by atoms with van der Waals surface area (Å²) < 4.78 is 0. The number of nitrogens with two attached hydrogens (primary N) is 1. The molecule has 0 saturated heterocycles. The number of carbonyl (C=O) groups excluding carboxylic acids is 2. The second-order valence-electron chi connectivity index (χ2n) is 5.23. The van der Waals surface area contributed by atoms with E-state index in [1.807, 2.05) is 12.5 Å². The fraction of sp³-hybridized carbons (Fsp3) is 0.714. The molecule has 9 nitrogen and oxygen atoms in total. The summed E-state index contributed by atoms with van der Waals surface area (Å²) >= 11 is 3.00. The second-order valence-corrected chi connectivity index (χ2v) is 7.20. The van der Waals surface area contributed by atoms with Gasteiger partial charge in [-0.1, -0.05) is 0 Å². The van der Waals surface area contributed by atoms with Crippen LogP contribution in [0.1, 0.15) is 19.3 Å². The molecule has 0 rings (SSSR count). The molecule has 0 fully saturated rings. The Labute approximate surface area is 154 Å². The van der Waals surface area contributed by atoms with Crippen LogP contribution in [0.25, 0.3) is 0 Å². The molecule has 3 unspecified atom stereocenters. The Bertz CT molecular complexity index is 477. The van der Waals surface area contributed by atoms with Gasteiger partial charge in [0.05, 0.1) is 12.5 Å². The summed E-state index contributed by atoms with van der Waals surface area (Å²) in [5, 5.41) is 22.4. The number of amides is 2. The quantitative estimate of drug-likeness (QED) is 0.273. The van der Waals surface area contributed by atoms with Crippen molar-refractivity contribution in [1.82, 2.24) is 10.6 Å². The van der Waals surface area contributed by atoms with E-state index >= 15 is 0 Å². The van der Waals surface area contributed by atoms with Crippen molar-refractivity contribution in [2.75, 3.05) is 24.0 Å². The molecule has 0 heterocycles. The number of nitrogens with one attached hydrogen (secondary N) is 2. The van der Waals surface area contributed by atoms with Gasteiger partial charge in [-0.05, 0) is 36.9 Å². The molecule has 0 radical (unpaired) electrons. The molecular weight excluding hydrogens is 370 g/mol. The van der Waals surface area contributed by atoms with E-state index in [2.05, 4.69) is 10.6 Å². The lowest BCUT2D eigenvalue weighted by Gasteiger charge is -2.22. The minimum Gasteiger partial charge on any atom is -0.481 e. The van der Waals surface area contributed by atoms with E-state index in [0.717, 1.165) is 0 Å². The minimum atomic E-state index is -1.57. The van der Waals surface area contributed by atoms with Gasteiger partial charge in [0, 0.05) is 0 Å². The van der Waals surface area contributed by atoms with Crippen LogP contribution in [0.5, 0.6) is 0 Å². The molecule has 0 saturated carbocycles. The van der Waals surface area contributed by atoms with E-state index in [9.17, 15) is 19.2 Å². The number of thioether (sulfide) groups is 2. The van der Waals surface area contributed by atoms with Crippen molar-refractivity contribution in [3.8, 4) is 0 Å². The van der Waals surface area contributed by atoms with Gasteiger partial charge in [-0.2, -0.15) is 23.5 Å². The lowest BCUT2D eigenvalue weighted by atomic mass is 10.1. The van der Waals surface area contributed by atoms with Crippen LogP contribution < -0.4 is 16.4 Å². The predicted octanol–water partition coefficient (Wildman–Crippen LogP) is -0.651. The number of carbonyl (C=O) groups is 4. The molecule has 0 aromatic rings. The Hall–Kier alpha value is -1.46. The number of hydrogen-bond acceptors (Lipinski definition) is 7. The van der Waals surface area contributed by atoms with Crippen LogP contribution in [0.3, 0.4) is 0 Å². The Morgan fingerprint density at radius 3 is 1.92 bits per heavy atom. The predicted molar refractivity (Wildman–Crippen MR) is 97.7 cm³/mol. The molecule has 144 valence electrons. The number of carboxylic acids is 2. The first-order valence-corrected chi connectivity index (χ1v) is 10.3. The van der Waals surface area contributed by atoms with Crippen molar-refractivity contribution in [2.45, 2.75) is 37.4 Å². The molecule has 2 amide bonds. The first-order chi connectivity index (χ1) is 11.7. The average molecular weight is 396 g/mol. The monoisotopic (exact) mass is 395 g/mol. The fourth-order valence-electron chi connectivity index (χ4n) is 1.81. The molecule has 0 aliphatic rings. The first kappa shape index (κ1) is 23.5. The zero-order chi connectivity index (χ0) is 19.4. The van der Waals surface area contributed by atoms with Crippen LogP contribution in [0, 0.1) is 0 Å². The number of hydrogen-bond donors (Lipinski definition) is 5. The van der Waals surface area contributed by atoms with Crippen molar-refractivity contribution in [3.63, 3.8) is 0 Å². The standard InChI is InChI=1S/C14H25N3O6S2/c1-24-5-3-8(15)12(20)16-9(4-6-25-2)13(21)17-10(14(22)23)7-11(18)19/h8-10H,3-7,15H2,1-2H3,(H,16,20)(H,17,21)(H,18,19)(H,22,23). The summed E-state index contributed by atoms with van der Waals surface area (Å²) in [6.07, 6.45) is 3.67. The highest BCUT2D eigenvalue weighted by atomic mass is 32.2. The zero-order valence-electron chi connectivity index (χ0n) is 14.2. The maximum atomic E-state index is 12.3. The van der Waals surface area contributed by atoms with Crippen molar-refractivity contribution >= 4 is 47.3 Å². The van der Waals surface area contributed by atoms with E-state index < -0.39 is 48.3 Å². The second kappa shape index (κ2) is 12.8. The van der Waals surface area contributed by atoms with Gasteiger partial charge in [0.1, 0.15) is 12.1 Å². The minimum absolute atomic E-state index is 0.271. The van der Waals surface area contributed by atoms with E-state index in [1.165, 1.54) is 11.8 Å². The van der Waals surface area contributed by atoms with Gasteiger partial charge in [-0.25, -0.2) is 4.79 Å². The average Bonchev–Trinajstić information content (AvgIpc) is 2.54. The molecule has 3 atom stereocenters. The number of aliphatic carboxylic acids is 2. The lowest BCUT2D eigenvalue weighted by Crippen LogP contribution is -2.55. The molecule has 11 heteroatoms. The molecule has 0 aliphatic heterocycles. The molecule has 0 bridgehead atoms. The van der Waals surface area contributed by atoms with Gasteiger partial charge >= 0.3 is 11.9 Å². The van der Waals surface area contributed by atoms with Gasteiger partial charge in [-0.15, -0.1) is 0 Å². The lowest BCUT2D eigenvalue weighted by molar-refractivity contribution is -0.147. The third-order valence-corrected chi connectivity index (χ3v) is 4.49. The van der Waals surface area contributed by atoms with Crippen molar-refractivity contribution in [1.29, 1.82) is 0 Å². The maximum absolute atomic E-state index is 12.3. The van der Waals surface area contributed by atoms with E-state index in [-0.39, 0.29) is 6.42 Å². The third kappa shape index (κ3) is 10.2. The molecule has 0 aromatic carbocycles. The molecule has 0 spiro atoms. The highest BCUT2D eigenvalue weighted by Crippen LogP contribution is 2.05. The summed E-state index contributed by atoms with van der Waals surface area (Å²) in [4.78, 5) is 46.1. The summed E-state index contributed by atoms with van der Waals surface area (Å²) in [7, 11) is 0. The Balaban J connectivity index is 4.92. The summed E-state index contributed by atoms with van der Waals surface area (Å²) in [6, 6.07) is -3.31. The van der Waals surface area contributed by atoms with Crippen LogP contribution in [0.4, 0.5) is 0 Å². The molecule has 6 N–H and O–H groups in total. The summed E-state index contributed by atoms with van der Waals surface area (Å²) in [5.74, 6) is -2.81. The highest BCUT2D eigenvalue weighted by Gasteiger charge is 2.28. The van der Waals surface area contributed by atoms with E-state index in [4.69, 9.17) is 15.9 Å². The van der Waals surface area contributed by atoms with Crippen LogP contribution >= 0.6 is 23.5 Å². The molecule has 0 aromatic heterocycles. The molecule has 0 aliphatic carbocycles. The summed E-state index contributed by atoms with van der Waals surface area (Å²) in [6.45, 7) is 0. The van der Waals surface area contributed by atoms with Crippen LogP contribution in [0.2, 0.25) is 0 Å². The Morgan fingerprint density at radius 1 is 0.920 bits per heavy atom. The molecule has 25 heavy (non-hydrogen) atoms. The van der Waals surface area contributed by atoms with Gasteiger partial charge in [-0.3, -0.25) is 14.4 Å². The maximum Gasteiger partial charge on any atom is 0.326 e. The van der Waals surface area contributed by atoms with Crippen LogP contribution in [0.15, 0.2) is 0 Å². The van der Waals surface area contributed by atoms with Gasteiger partial charge < -0.3 is 26.6 Å². The Morgan fingerprint density at radius 2 is 1.44 bits per heavy atom. The van der Waals surface area contributed by atoms with Gasteiger partial charge in [0.15, 0.2) is 0 Å². The fourth-order valence-corrected chi connectivity index (χ4v) is 2.77. The smallest absolute Gasteiger partial charge is 0.326 e. The normalized spacial score (nSPS) is 14.2. The van der Waals surface area contributed by atoms with E-state index in [1.54, 1.807) is 11.8 Å². The number of rotatable bonds is 13. The SMILES string of the molecule is CSCCC(N)C(=O)NC(CCSC)C(=O)NC(CC(=O)O)C(=O)O. The first-order valence-electron chi connectivity index (χ1n) is 7.51. The number of carboxylic acid groups (broad SMARTS) is 2. The van der Waals surface area contributed by atoms with Crippen LogP contribution in [-0.4, -0.2) is 76.1 Å². The third-order valence-electron chi connectivity index (χ3n) is 3.21. The Kier molecular flexibility index (Phi) is 12.1. The largest absolute Gasteiger partial charge is 0.481 e.